The molecule has 3 aromatic carbocycles. The van der Waals surface area contributed by atoms with Crippen molar-refractivity contribution < 1.29 is 19.4 Å². The van der Waals surface area contributed by atoms with Crippen molar-refractivity contribution in [1.29, 1.82) is 0 Å². The summed E-state index contributed by atoms with van der Waals surface area (Å²) in [5.41, 5.74) is 2.25. The molecule has 1 N–H and O–H groups in total. The summed E-state index contributed by atoms with van der Waals surface area (Å²) in [6, 6.07) is 22.3. The number of amides is 1. The fraction of sp³-hybridized carbons (Fsp3) is 0.154. The van der Waals surface area contributed by atoms with Crippen LogP contribution in [0.25, 0.3) is 21.2 Å². The smallest absolute Gasteiger partial charge is 0.321 e. The first-order valence-corrected chi connectivity index (χ1v) is 11.1. The lowest BCUT2D eigenvalue weighted by Crippen LogP contribution is -2.23. The predicted molar refractivity (Wildman–Crippen MR) is 128 cm³/mol. The van der Waals surface area contributed by atoms with Gasteiger partial charge >= 0.3 is 5.97 Å². The Morgan fingerprint density at radius 2 is 1.59 bits per heavy atom. The molecule has 0 aliphatic carbocycles. The van der Waals surface area contributed by atoms with E-state index < -0.39 is 11.6 Å². The Labute approximate surface area is 190 Å². The van der Waals surface area contributed by atoms with Crippen LogP contribution < -0.4 is 5.32 Å². The second-order valence-corrected chi connectivity index (χ2v) is 9.27. The van der Waals surface area contributed by atoms with Gasteiger partial charge in [-0.15, -0.1) is 11.3 Å². The molecule has 0 fully saturated rings. The Bertz CT molecular complexity index is 1270. The number of fused-ring (bicyclic) bond motifs is 1. The SMILES string of the molecule is CC(C)(C)OOC(=O)c1ccc(-c2ccc3sccc3c2)cc1NC(=O)c1ccccc1. The number of carbonyl (C=O) groups is 2. The first-order valence-electron chi connectivity index (χ1n) is 10.2. The van der Waals surface area contributed by atoms with Crippen molar-refractivity contribution in [1.82, 2.24) is 0 Å². The van der Waals surface area contributed by atoms with Crippen LogP contribution in [0, 0.1) is 0 Å². The highest BCUT2D eigenvalue weighted by atomic mass is 32.1. The molecule has 1 amide bonds. The van der Waals surface area contributed by atoms with E-state index in [2.05, 4.69) is 23.5 Å². The summed E-state index contributed by atoms with van der Waals surface area (Å²) in [6.45, 7) is 5.34. The molecule has 32 heavy (non-hydrogen) atoms. The molecule has 0 aliphatic rings. The fourth-order valence-electron chi connectivity index (χ4n) is 3.14. The van der Waals surface area contributed by atoms with Gasteiger partial charge in [0, 0.05) is 10.3 Å². The Hall–Kier alpha value is -3.48. The van der Waals surface area contributed by atoms with Crippen LogP contribution in [0.2, 0.25) is 0 Å². The van der Waals surface area contributed by atoms with Gasteiger partial charge in [-0.3, -0.25) is 9.68 Å². The second kappa shape index (κ2) is 8.94. The van der Waals surface area contributed by atoms with E-state index in [4.69, 9.17) is 9.78 Å². The third-order valence-corrected chi connectivity index (χ3v) is 5.57. The van der Waals surface area contributed by atoms with E-state index >= 15 is 0 Å². The molecule has 0 saturated carbocycles. The predicted octanol–water partition coefficient (Wildman–Crippen LogP) is 6.71. The molecular formula is C26H23NO4S. The number of hydrogen-bond acceptors (Lipinski definition) is 5. The molecular weight excluding hydrogens is 422 g/mol. The summed E-state index contributed by atoms with van der Waals surface area (Å²) in [5, 5.41) is 6.05. The van der Waals surface area contributed by atoms with Gasteiger partial charge in [0.1, 0.15) is 5.60 Å². The van der Waals surface area contributed by atoms with Crippen LogP contribution in [0.15, 0.2) is 78.2 Å². The minimum absolute atomic E-state index is 0.207. The molecule has 6 heteroatoms. The molecule has 0 aliphatic heterocycles. The number of nitrogens with one attached hydrogen (secondary N) is 1. The molecule has 4 aromatic rings. The monoisotopic (exact) mass is 445 g/mol. The highest BCUT2D eigenvalue weighted by Gasteiger charge is 2.21. The van der Waals surface area contributed by atoms with Gasteiger partial charge in [-0.05, 0) is 85.1 Å². The fourth-order valence-corrected chi connectivity index (χ4v) is 3.91. The van der Waals surface area contributed by atoms with Crippen molar-refractivity contribution >= 4 is 39.0 Å². The van der Waals surface area contributed by atoms with Crippen LogP contribution >= 0.6 is 11.3 Å². The van der Waals surface area contributed by atoms with Gasteiger partial charge in [-0.25, -0.2) is 4.79 Å². The van der Waals surface area contributed by atoms with Crippen LogP contribution in [0.1, 0.15) is 41.5 Å². The van der Waals surface area contributed by atoms with Crippen molar-refractivity contribution in [3.8, 4) is 11.1 Å². The van der Waals surface area contributed by atoms with Crippen molar-refractivity contribution in [2.45, 2.75) is 26.4 Å². The molecule has 162 valence electrons. The minimum atomic E-state index is -0.678. The molecule has 0 saturated heterocycles. The van der Waals surface area contributed by atoms with Gasteiger partial charge in [-0.1, -0.05) is 30.3 Å². The van der Waals surface area contributed by atoms with Gasteiger partial charge in [-0.2, -0.15) is 4.89 Å². The van der Waals surface area contributed by atoms with Crippen molar-refractivity contribution in [2.75, 3.05) is 5.32 Å². The third kappa shape index (κ3) is 5.04. The average molecular weight is 446 g/mol. The number of benzene rings is 3. The molecule has 0 bridgehead atoms. The standard InChI is InChI=1S/C26H23NO4S/c1-26(2,3)31-30-25(29)21-11-9-19(18-10-12-23-20(15-18)13-14-32-23)16-22(21)27-24(28)17-7-5-4-6-8-17/h4-16H,1-3H3,(H,27,28). The van der Waals surface area contributed by atoms with Crippen LogP contribution in [-0.2, 0) is 9.78 Å². The molecule has 4 rings (SSSR count). The maximum absolute atomic E-state index is 12.8. The van der Waals surface area contributed by atoms with Gasteiger partial charge < -0.3 is 5.32 Å². The van der Waals surface area contributed by atoms with E-state index in [1.165, 1.54) is 4.70 Å². The van der Waals surface area contributed by atoms with E-state index in [9.17, 15) is 9.59 Å². The first-order chi connectivity index (χ1) is 15.3. The average Bonchev–Trinajstić information content (AvgIpc) is 3.25. The molecule has 1 heterocycles. The molecule has 1 aromatic heterocycles. The van der Waals surface area contributed by atoms with E-state index in [1.807, 2.05) is 23.6 Å². The maximum atomic E-state index is 12.8. The van der Waals surface area contributed by atoms with Crippen LogP contribution in [0.5, 0.6) is 0 Å². The summed E-state index contributed by atoms with van der Waals surface area (Å²) in [7, 11) is 0. The largest absolute Gasteiger partial charge is 0.375 e. The third-order valence-electron chi connectivity index (χ3n) is 4.68. The summed E-state index contributed by atoms with van der Waals surface area (Å²) < 4.78 is 1.20. The Kier molecular flexibility index (Phi) is 6.08. The number of anilines is 1. The highest BCUT2D eigenvalue weighted by Crippen LogP contribution is 2.31. The lowest BCUT2D eigenvalue weighted by Gasteiger charge is -2.18. The summed E-state index contributed by atoms with van der Waals surface area (Å²) >= 11 is 1.68. The lowest BCUT2D eigenvalue weighted by molar-refractivity contribution is -0.301. The maximum Gasteiger partial charge on any atom is 0.375 e. The van der Waals surface area contributed by atoms with E-state index in [0.29, 0.717) is 11.3 Å². The number of carbonyl (C=O) groups excluding carboxylic acids is 2. The van der Waals surface area contributed by atoms with E-state index in [1.54, 1.807) is 68.5 Å². The van der Waals surface area contributed by atoms with Gasteiger partial charge in [0.25, 0.3) is 5.91 Å². The zero-order valence-corrected chi connectivity index (χ0v) is 18.9. The normalized spacial score (nSPS) is 11.3. The molecule has 5 nitrogen and oxygen atoms in total. The van der Waals surface area contributed by atoms with E-state index in [-0.39, 0.29) is 11.5 Å². The molecule has 0 unspecified atom stereocenters. The Balaban J connectivity index is 1.70. The molecule has 0 radical (unpaired) electrons. The summed E-state index contributed by atoms with van der Waals surface area (Å²) in [4.78, 5) is 35.7. The zero-order valence-electron chi connectivity index (χ0n) is 18.0. The highest BCUT2D eigenvalue weighted by molar-refractivity contribution is 7.17. The lowest BCUT2D eigenvalue weighted by atomic mass is 10.0. The van der Waals surface area contributed by atoms with Crippen LogP contribution in [0.3, 0.4) is 0 Å². The quantitative estimate of drug-likeness (QED) is 0.274. The number of hydrogen-bond donors (Lipinski definition) is 1. The van der Waals surface area contributed by atoms with Gasteiger partial charge in [0.15, 0.2) is 0 Å². The van der Waals surface area contributed by atoms with Crippen LogP contribution in [0.4, 0.5) is 5.69 Å². The number of thiophene rings is 1. The summed E-state index contributed by atoms with van der Waals surface area (Å²) in [5.74, 6) is -0.995. The first kappa shape index (κ1) is 21.7. The van der Waals surface area contributed by atoms with Crippen molar-refractivity contribution in [3.05, 3.63) is 89.3 Å². The second-order valence-electron chi connectivity index (χ2n) is 8.32. The van der Waals surface area contributed by atoms with E-state index in [0.717, 1.165) is 16.5 Å². The van der Waals surface area contributed by atoms with Crippen molar-refractivity contribution in [2.24, 2.45) is 0 Å². The Morgan fingerprint density at radius 1 is 0.875 bits per heavy atom. The topological polar surface area (TPSA) is 64.6 Å². The number of rotatable bonds is 5. The van der Waals surface area contributed by atoms with Crippen molar-refractivity contribution in [3.63, 3.8) is 0 Å². The molecule has 0 atom stereocenters. The Morgan fingerprint density at radius 3 is 2.34 bits per heavy atom. The molecule has 0 spiro atoms. The zero-order chi connectivity index (χ0) is 22.7. The summed E-state index contributed by atoms with van der Waals surface area (Å²) in [6.07, 6.45) is 0. The van der Waals surface area contributed by atoms with Gasteiger partial charge in [0.2, 0.25) is 0 Å². The minimum Gasteiger partial charge on any atom is -0.321 e. The van der Waals surface area contributed by atoms with Crippen LogP contribution in [-0.4, -0.2) is 17.5 Å². The van der Waals surface area contributed by atoms with Gasteiger partial charge in [0.05, 0.1) is 11.3 Å².